The van der Waals surface area contributed by atoms with E-state index in [1.807, 2.05) is 26.8 Å². The van der Waals surface area contributed by atoms with Gasteiger partial charge in [0, 0.05) is 0 Å². The first-order valence-electron chi connectivity index (χ1n) is 4.53. The van der Waals surface area contributed by atoms with E-state index in [-0.39, 0.29) is 5.78 Å². The van der Waals surface area contributed by atoms with E-state index in [1.54, 1.807) is 0 Å². The molecule has 1 aliphatic carbocycles. The highest BCUT2D eigenvalue weighted by Crippen LogP contribution is 2.26. The van der Waals surface area contributed by atoms with Crippen LogP contribution < -0.4 is 0 Å². The summed E-state index contributed by atoms with van der Waals surface area (Å²) in [4.78, 5) is 11.7. The lowest BCUT2D eigenvalue weighted by molar-refractivity contribution is -0.113. The van der Waals surface area contributed by atoms with Gasteiger partial charge in [0.15, 0.2) is 5.78 Å². The molecule has 1 saturated carbocycles. The molecule has 0 aliphatic heterocycles. The molecular weight excluding hydrogens is 148 g/mol. The van der Waals surface area contributed by atoms with E-state index in [0.29, 0.717) is 0 Å². The molecule has 0 aromatic rings. The number of allylic oxidation sites excluding steroid dienone is 4. The first-order valence-corrected chi connectivity index (χ1v) is 4.53. The molecule has 1 heteroatoms. The molecule has 0 bridgehead atoms. The molecule has 1 aliphatic rings. The first kappa shape index (κ1) is 9.24. The van der Waals surface area contributed by atoms with Crippen molar-refractivity contribution in [3.05, 3.63) is 22.8 Å². The lowest BCUT2D eigenvalue weighted by Gasteiger charge is -2.17. The van der Waals surface area contributed by atoms with E-state index in [0.717, 1.165) is 30.4 Å². The van der Waals surface area contributed by atoms with E-state index >= 15 is 0 Å². The van der Waals surface area contributed by atoms with Gasteiger partial charge in [0.1, 0.15) is 0 Å². The van der Waals surface area contributed by atoms with Crippen molar-refractivity contribution in [2.45, 2.75) is 40.0 Å². The molecule has 0 amide bonds. The average molecular weight is 164 g/mol. The first-order chi connectivity index (χ1) is 5.66. The smallest absolute Gasteiger partial charge is 0.184 e. The summed E-state index contributed by atoms with van der Waals surface area (Å²) in [6, 6.07) is 0. The van der Waals surface area contributed by atoms with Gasteiger partial charge < -0.3 is 0 Å². The van der Waals surface area contributed by atoms with Crippen molar-refractivity contribution in [3.8, 4) is 0 Å². The lowest BCUT2D eigenvalue weighted by Crippen LogP contribution is -2.13. The van der Waals surface area contributed by atoms with E-state index < -0.39 is 0 Å². The minimum atomic E-state index is 0.281. The molecule has 12 heavy (non-hydrogen) atoms. The maximum absolute atomic E-state index is 11.7. The average Bonchev–Trinajstić information content (AvgIpc) is 2.04. The van der Waals surface area contributed by atoms with Crippen molar-refractivity contribution >= 4 is 5.78 Å². The Labute approximate surface area is 74.2 Å². The molecule has 0 heterocycles. The Kier molecular flexibility index (Phi) is 2.85. The van der Waals surface area contributed by atoms with Gasteiger partial charge in [-0.2, -0.15) is 0 Å². The van der Waals surface area contributed by atoms with Gasteiger partial charge in [0.25, 0.3) is 0 Å². The van der Waals surface area contributed by atoms with Crippen LogP contribution in [0.3, 0.4) is 0 Å². The second kappa shape index (κ2) is 3.70. The third-order valence-corrected chi connectivity index (χ3v) is 2.39. The van der Waals surface area contributed by atoms with E-state index in [9.17, 15) is 4.79 Å². The Morgan fingerprint density at radius 2 is 2.00 bits per heavy atom. The molecule has 0 spiro atoms. The Morgan fingerprint density at radius 1 is 1.33 bits per heavy atom. The second-order valence-electron chi connectivity index (χ2n) is 3.48. The molecular formula is C11H16O. The summed E-state index contributed by atoms with van der Waals surface area (Å²) >= 11 is 0. The normalized spacial score (nSPS) is 21.8. The van der Waals surface area contributed by atoms with Crippen LogP contribution >= 0.6 is 0 Å². The summed E-state index contributed by atoms with van der Waals surface area (Å²) < 4.78 is 0. The molecule has 66 valence electrons. The minimum Gasteiger partial charge on any atom is -0.289 e. The molecule has 0 atom stereocenters. The summed E-state index contributed by atoms with van der Waals surface area (Å²) in [6.07, 6.45) is 5.01. The van der Waals surface area contributed by atoms with E-state index in [1.165, 1.54) is 5.57 Å². The van der Waals surface area contributed by atoms with Gasteiger partial charge in [-0.3, -0.25) is 4.79 Å². The van der Waals surface area contributed by atoms with Crippen LogP contribution in [-0.2, 0) is 4.79 Å². The largest absolute Gasteiger partial charge is 0.289 e. The van der Waals surface area contributed by atoms with Crippen LogP contribution in [0, 0.1) is 0 Å². The highest BCUT2D eigenvalue weighted by molar-refractivity contribution is 6.09. The molecule has 1 rings (SSSR count). The quantitative estimate of drug-likeness (QED) is 0.503. The van der Waals surface area contributed by atoms with Gasteiger partial charge in [0.2, 0.25) is 0 Å². The van der Waals surface area contributed by atoms with Crippen molar-refractivity contribution in [3.63, 3.8) is 0 Å². The number of carbonyl (C=O) groups is 1. The van der Waals surface area contributed by atoms with Crippen LogP contribution in [0.4, 0.5) is 0 Å². The zero-order valence-electron chi connectivity index (χ0n) is 8.11. The second-order valence-corrected chi connectivity index (χ2v) is 3.48. The Morgan fingerprint density at radius 3 is 2.50 bits per heavy atom. The third-order valence-electron chi connectivity index (χ3n) is 2.39. The lowest BCUT2D eigenvalue weighted by atomic mass is 9.86. The van der Waals surface area contributed by atoms with Crippen LogP contribution in [0.15, 0.2) is 22.8 Å². The number of carbonyl (C=O) groups excluding carboxylic acids is 1. The summed E-state index contributed by atoms with van der Waals surface area (Å²) in [6.45, 7) is 5.98. The Balaban J connectivity index is 2.96. The highest BCUT2D eigenvalue weighted by atomic mass is 16.1. The van der Waals surface area contributed by atoms with Gasteiger partial charge in [-0.15, -0.1) is 0 Å². The number of hydrogen-bond acceptors (Lipinski definition) is 1. The molecule has 0 radical (unpaired) electrons. The number of hydrogen-bond donors (Lipinski definition) is 0. The summed E-state index contributed by atoms with van der Waals surface area (Å²) in [7, 11) is 0. The third kappa shape index (κ3) is 1.66. The zero-order chi connectivity index (χ0) is 9.14. The van der Waals surface area contributed by atoms with E-state index in [2.05, 4.69) is 0 Å². The van der Waals surface area contributed by atoms with Crippen LogP contribution in [0.5, 0.6) is 0 Å². The maximum Gasteiger partial charge on any atom is 0.184 e. The molecule has 1 nitrogen and oxygen atoms in total. The van der Waals surface area contributed by atoms with Crippen molar-refractivity contribution in [1.82, 2.24) is 0 Å². The van der Waals surface area contributed by atoms with Crippen molar-refractivity contribution in [2.75, 3.05) is 0 Å². The van der Waals surface area contributed by atoms with E-state index in [4.69, 9.17) is 0 Å². The van der Waals surface area contributed by atoms with Gasteiger partial charge >= 0.3 is 0 Å². The molecule has 0 unspecified atom stereocenters. The monoisotopic (exact) mass is 164 g/mol. The summed E-state index contributed by atoms with van der Waals surface area (Å²) in [5.41, 5.74) is 3.21. The molecule has 0 aromatic carbocycles. The Hall–Kier alpha value is -0.850. The standard InChI is InChI=1S/C11H16O/c1-4-9-6-5-7-10(8(2)3)11(9)12/h4H,5-7H2,1-3H3/b9-4-. The molecule has 0 N–H and O–H groups in total. The van der Waals surface area contributed by atoms with Gasteiger partial charge in [-0.1, -0.05) is 11.6 Å². The minimum absolute atomic E-state index is 0.281. The number of Topliss-reactive ketones (excluding diaryl/α,β-unsaturated/α-hetero) is 1. The molecule has 1 fully saturated rings. The SMILES string of the molecule is C/C=C1/CCCC(=C(C)C)C1=O. The van der Waals surface area contributed by atoms with Gasteiger partial charge in [-0.05, 0) is 51.2 Å². The number of rotatable bonds is 0. The fourth-order valence-corrected chi connectivity index (χ4v) is 1.63. The van der Waals surface area contributed by atoms with Crippen molar-refractivity contribution < 1.29 is 4.79 Å². The fraction of sp³-hybridized carbons (Fsp3) is 0.545. The van der Waals surface area contributed by atoms with Crippen molar-refractivity contribution in [1.29, 1.82) is 0 Å². The van der Waals surface area contributed by atoms with Crippen LogP contribution in [0.25, 0.3) is 0 Å². The number of ketones is 1. The van der Waals surface area contributed by atoms with Crippen LogP contribution in [0.2, 0.25) is 0 Å². The summed E-state index contributed by atoms with van der Waals surface area (Å²) in [5.74, 6) is 0.281. The van der Waals surface area contributed by atoms with Crippen LogP contribution in [0.1, 0.15) is 40.0 Å². The van der Waals surface area contributed by atoms with Crippen LogP contribution in [-0.4, -0.2) is 5.78 Å². The topological polar surface area (TPSA) is 17.1 Å². The van der Waals surface area contributed by atoms with Gasteiger partial charge in [0.05, 0.1) is 0 Å². The molecule has 0 saturated heterocycles. The molecule has 0 aromatic heterocycles. The van der Waals surface area contributed by atoms with Crippen molar-refractivity contribution in [2.24, 2.45) is 0 Å². The zero-order valence-corrected chi connectivity index (χ0v) is 8.11. The maximum atomic E-state index is 11.7. The highest BCUT2D eigenvalue weighted by Gasteiger charge is 2.19. The van der Waals surface area contributed by atoms with Gasteiger partial charge in [-0.25, -0.2) is 0 Å². The Bertz CT molecular complexity index is 252. The fourth-order valence-electron chi connectivity index (χ4n) is 1.63. The predicted octanol–water partition coefficient (Wildman–Crippen LogP) is 3.02. The predicted molar refractivity (Wildman–Crippen MR) is 51.0 cm³/mol. The summed E-state index contributed by atoms with van der Waals surface area (Å²) in [5, 5.41) is 0.